The molecule has 0 heterocycles. The Kier molecular flexibility index (Phi) is 4.04. The molecule has 2 rings (SSSR count). The minimum absolute atomic E-state index is 0.0198. The topological polar surface area (TPSA) is 66.8 Å². The van der Waals surface area contributed by atoms with Crippen LogP contribution in [0.3, 0.4) is 0 Å². The number of hydrogen-bond acceptors (Lipinski definition) is 3. The number of carboxylic acids is 1. The number of carboxylic acid groups (broad SMARTS) is 1. The smallest absolute Gasteiger partial charge is 0.305 e. The third kappa shape index (κ3) is 3.47. The van der Waals surface area contributed by atoms with Crippen LogP contribution >= 0.6 is 0 Å². The largest absolute Gasteiger partial charge is 0.497 e. The van der Waals surface area contributed by atoms with E-state index >= 15 is 0 Å². The van der Waals surface area contributed by atoms with Gasteiger partial charge in [-0.25, -0.2) is 0 Å². The summed E-state index contributed by atoms with van der Waals surface area (Å²) in [5, 5.41) is 8.77. The normalized spacial score (nSPS) is 13.9. The molecule has 1 fully saturated rings. The van der Waals surface area contributed by atoms with E-state index in [1.54, 1.807) is 36.3 Å². The first kappa shape index (κ1) is 13.4. The molecule has 0 bridgehead atoms. The molecule has 1 amide bonds. The Labute approximate surface area is 111 Å². The number of hydrogen-bond donors (Lipinski definition) is 1. The third-order valence-corrected chi connectivity index (χ3v) is 3.13. The molecule has 0 radical (unpaired) electrons. The van der Waals surface area contributed by atoms with Crippen molar-refractivity contribution in [3.05, 3.63) is 24.3 Å². The quantitative estimate of drug-likeness (QED) is 0.851. The number of rotatable bonds is 6. The van der Waals surface area contributed by atoms with Crippen molar-refractivity contribution in [1.29, 1.82) is 0 Å². The molecule has 5 nitrogen and oxygen atoms in total. The average molecular weight is 263 g/mol. The Balaban J connectivity index is 2.14. The van der Waals surface area contributed by atoms with Gasteiger partial charge in [0.05, 0.1) is 13.5 Å². The predicted octanol–water partition coefficient (Wildman–Crippen LogP) is 1.91. The Morgan fingerprint density at radius 2 is 1.95 bits per heavy atom. The molecule has 1 aromatic carbocycles. The van der Waals surface area contributed by atoms with Crippen molar-refractivity contribution in [2.45, 2.75) is 19.3 Å². The number of ether oxygens (including phenoxy) is 1. The van der Waals surface area contributed by atoms with Gasteiger partial charge in [-0.05, 0) is 37.1 Å². The predicted molar refractivity (Wildman–Crippen MR) is 70.3 cm³/mol. The number of benzene rings is 1. The van der Waals surface area contributed by atoms with Crippen molar-refractivity contribution in [3.63, 3.8) is 0 Å². The van der Waals surface area contributed by atoms with Gasteiger partial charge < -0.3 is 14.7 Å². The van der Waals surface area contributed by atoms with Crippen LogP contribution in [-0.2, 0) is 9.59 Å². The van der Waals surface area contributed by atoms with Crippen LogP contribution in [0.25, 0.3) is 0 Å². The number of aliphatic carboxylic acids is 1. The lowest BCUT2D eigenvalue weighted by atomic mass is 10.2. The van der Waals surface area contributed by atoms with Crippen LogP contribution in [0.4, 0.5) is 5.69 Å². The second-order valence-corrected chi connectivity index (χ2v) is 4.61. The zero-order chi connectivity index (χ0) is 13.8. The standard InChI is InChI=1S/C14H17NO4/c1-19-12-6-4-11(5-7-12)15(9-8-13(16)17)14(18)10-2-3-10/h4-7,10H,2-3,8-9H2,1H3,(H,16,17). The van der Waals surface area contributed by atoms with E-state index < -0.39 is 5.97 Å². The lowest BCUT2D eigenvalue weighted by Crippen LogP contribution is -2.34. The van der Waals surface area contributed by atoms with Crippen molar-refractivity contribution in [2.24, 2.45) is 5.92 Å². The van der Waals surface area contributed by atoms with Gasteiger partial charge in [-0.2, -0.15) is 0 Å². The minimum atomic E-state index is -0.901. The van der Waals surface area contributed by atoms with Crippen LogP contribution in [0.5, 0.6) is 5.75 Å². The summed E-state index contributed by atoms with van der Waals surface area (Å²) < 4.78 is 5.07. The highest BCUT2D eigenvalue weighted by atomic mass is 16.5. The van der Waals surface area contributed by atoms with Crippen LogP contribution in [0.1, 0.15) is 19.3 Å². The highest BCUT2D eigenvalue weighted by Crippen LogP contribution is 2.33. The van der Waals surface area contributed by atoms with E-state index in [-0.39, 0.29) is 24.8 Å². The molecule has 0 spiro atoms. The zero-order valence-corrected chi connectivity index (χ0v) is 10.8. The molecule has 19 heavy (non-hydrogen) atoms. The monoisotopic (exact) mass is 263 g/mol. The van der Waals surface area contributed by atoms with E-state index in [1.807, 2.05) is 0 Å². The van der Waals surface area contributed by atoms with Crippen molar-refractivity contribution >= 4 is 17.6 Å². The molecule has 1 N–H and O–H groups in total. The van der Waals surface area contributed by atoms with E-state index in [1.165, 1.54) is 0 Å². The summed E-state index contributed by atoms with van der Waals surface area (Å²) in [6.45, 7) is 0.205. The molecular weight excluding hydrogens is 246 g/mol. The summed E-state index contributed by atoms with van der Waals surface area (Å²) in [5.41, 5.74) is 0.721. The van der Waals surface area contributed by atoms with Crippen molar-refractivity contribution in [1.82, 2.24) is 0 Å². The maximum Gasteiger partial charge on any atom is 0.305 e. The van der Waals surface area contributed by atoms with Crippen LogP contribution in [0.15, 0.2) is 24.3 Å². The molecule has 1 aliphatic carbocycles. The summed E-state index contributed by atoms with van der Waals surface area (Å²) in [5.74, 6) is -0.106. The summed E-state index contributed by atoms with van der Waals surface area (Å²) in [6.07, 6.45) is 1.75. The van der Waals surface area contributed by atoms with Gasteiger partial charge in [0.15, 0.2) is 0 Å². The van der Waals surface area contributed by atoms with Crippen LogP contribution in [0, 0.1) is 5.92 Å². The van der Waals surface area contributed by atoms with E-state index in [0.29, 0.717) is 5.75 Å². The van der Waals surface area contributed by atoms with Crippen molar-refractivity contribution in [3.8, 4) is 5.75 Å². The molecular formula is C14H17NO4. The molecule has 0 saturated heterocycles. The van der Waals surface area contributed by atoms with Crippen molar-refractivity contribution < 1.29 is 19.4 Å². The zero-order valence-electron chi connectivity index (χ0n) is 10.8. The first-order chi connectivity index (χ1) is 9.11. The number of nitrogens with zero attached hydrogens (tertiary/aromatic N) is 1. The molecule has 1 saturated carbocycles. The van der Waals surface area contributed by atoms with E-state index in [4.69, 9.17) is 9.84 Å². The molecule has 1 aliphatic rings. The fourth-order valence-corrected chi connectivity index (χ4v) is 1.89. The fraction of sp³-hybridized carbons (Fsp3) is 0.429. The van der Waals surface area contributed by atoms with Crippen LogP contribution < -0.4 is 9.64 Å². The third-order valence-electron chi connectivity index (χ3n) is 3.13. The summed E-state index contributed by atoms with van der Waals surface area (Å²) in [4.78, 5) is 24.4. The number of carbonyl (C=O) groups excluding carboxylic acids is 1. The highest BCUT2D eigenvalue weighted by molar-refractivity contribution is 5.96. The van der Waals surface area contributed by atoms with Gasteiger partial charge in [0.1, 0.15) is 5.75 Å². The molecule has 1 aromatic rings. The summed E-state index contributed by atoms with van der Waals surface area (Å²) >= 11 is 0. The molecule has 102 valence electrons. The van der Waals surface area contributed by atoms with Crippen molar-refractivity contribution in [2.75, 3.05) is 18.6 Å². The Morgan fingerprint density at radius 1 is 1.32 bits per heavy atom. The number of carbonyl (C=O) groups is 2. The Bertz CT molecular complexity index is 465. The van der Waals surface area contributed by atoms with Gasteiger partial charge in [0.25, 0.3) is 0 Å². The van der Waals surface area contributed by atoms with Gasteiger partial charge in [-0.1, -0.05) is 0 Å². The van der Waals surface area contributed by atoms with Gasteiger partial charge >= 0.3 is 5.97 Å². The first-order valence-corrected chi connectivity index (χ1v) is 6.29. The van der Waals surface area contributed by atoms with Crippen LogP contribution in [0.2, 0.25) is 0 Å². The van der Waals surface area contributed by atoms with E-state index in [2.05, 4.69) is 0 Å². The second kappa shape index (κ2) is 5.73. The van der Waals surface area contributed by atoms with E-state index in [9.17, 15) is 9.59 Å². The second-order valence-electron chi connectivity index (χ2n) is 4.61. The van der Waals surface area contributed by atoms with E-state index in [0.717, 1.165) is 18.5 Å². The van der Waals surface area contributed by atoms with Gasteiger partial charge in [0, 0.05) is 18.2 Å². The first-order valence-electron chi connectivity index (χ1n) is 6.29. The maximum atomic E-state index is 12.2. The molecule has 5 heteroatoms. The lowest BCUT2D eigenvalue weighted by molar-refractivity contribution is -0.136. The molecule has 0 aromatic heterocycles. The fourth-order valence-electron chi connectivity index (χ4n) is 1.89. The molecule has 0 unspecified atom stereocenters. The number of amides is 1. The minimum Gasteiger partial charge on any atom is -0.497 e. The van der Waals surface area contributed by atoms with Crippen LogP contribution in [-0.4, -0.2) is 30.6 Å². The SMILES string of the molecule is COc1ccc(N(CCC(=O)O)C(=O)C2CC2)cc1. The molecule has 0 atom stereocenters. The summed E-state index contributed by atoms with van der Waals surface area (Å²) in [7, 11) is 1.58. The van der Waals surface area contributed by atoms with Gasteiger partial charge in [-0.3, -0.25) is 9.59 Å². The highest BCUT2D eigenvalue weighted by Gasteiger charge is 2.34. The van der Waals surface area contributed by atoms with Gasteiger partial charge in [0.2, 0.25) is 5.91 Å². The Hall–Kier alpha value is -2.04. The van der Waals surface area contributed by atoms with Gasteiger partial charge in [-0.15, -0.1) is 0 Å². The molecule has 0 aliphatic heterocycles. The maximum absolute atomic E-state index is 12.2. The summed E-state index contributed by atoms with van der Waals surface area (Å²) in [6, 6.07) is 7.09. The Morgan fingerprint density at radius 3 is 2.42 bits per heavy atom. The number of methoxy groups -OCH3 is 1. The lowest BCUT2D eigenvalue weighted by Gasteiger charge is -2.22. The average Bonchev–Trinajstić information content (AvgIpc) is 3.23. The number of anilines is 1.